The summed E-state index contributed by atoms with van der Waals surface area (Å²) in [5.41, 5.74) is 0.964. The summed E-state index contributed by atoms with van der Waals surface area (Å²) in [5.74, 6) is 0.879. The number of phenolic OH excluding ortho intramolecular Hbond substituents is 1. The van der Waals surface area contributed by atoms with Gasteiger partial charge in [-0.2, -0.15) is 8.42 Å². The lowest BCUT2D eigenvalue weighted by Gasteiger charge is -2.12. The SMILES string of the molecule is CCCCCCCCCCCCCc1ccc(O)cc1Oc1cccc(S(=O)(=O)O)c1. The number of aryl methyl sites for hydroxylation is 1. The molecule has 0 aliphatic heterocycles. The zero-order valence-electron chi connectivity index (χ0n) is 18.6. The molecule has 0 saturated carbocycles. The molecule has 0 bridgehead atoms. The molecule has 0 spiro atoms. The van der Waals surface area contributed by atoms with E-state index in [1.807, 2.05) is 6.07 Å². The Morgan fingerprint density at radius 2 is 1.42 bits per heavy atom. The highest BCUT2D eigenvalue weighted by Gasteiger charge is 2.12. The summed E-state index contributed by atoms with van der Waals surface area (Å²) in [5, 5.41) is 9.84. The van der Waals surface area contributed by atoms with E-state index >= 15 is 0 Å². The number of hydrogen-bond donors (Lipinski definition) is 2. The molecular formula is C25H36O5S. The maximum absolute atomic E-state index is 11.3. The molecular weight excluding hydrogens is 412 g/mol. The molecule has 0 amide bonds. The Kier molecular flexibility index (Phi) is 10.9. The number of benzene rings is 2. The zero-order chi connectivity index (χ0) is 22.5. The van der Waals surface area contributed by atoms with Crippen molar-refractivity contribution in [2.75, 3.05) is 0 Å². The second-order valence-corrected chi connectivity index (χ2v) is 9.55. The van der Waals surface area contributed by atoms with Crippen LogP contribution in [-0.2, 0) is 16.5 Å². The van der Waals surface area contributed by atoms with Crippen LogP contribution >= 0.6 is 0 Å². The quantitative estimate of drug-likeness (QED) is 0.221. The predicted octanol–water partition coefficient (Wildman–Crippen LogP) is 7.28. The van der Waals surface area contributed by atoms with Crippen molar-refractivity contribution in [3.63, 3.8) is 0 Å². The molecule has 5 nitrogen and oxygen atoms in total. The lowest BCUT2D eigenvalue weighted by atomic mass is 10.0. The van der Waals surface area contributed by atoms with E-state index in [1.54, 1.807) is 12.1 Å². The van der Waals surface area contributed by atoms with Crippen molar-refractivity contribution in [1.29, 1.82) is 0 Å². The molecule has 6 heteroatoms. The lowest BCUT2D eigenvalue weighted by molar-refractivity contribution is 0.448. The van der Waals surface area contributed by atoms with Crippen molar-refractivity contribution in [3.8, 4) is 17.2 Å². The summed E-state index contributed by atoms with van der Waals surface area (Å²) in [6.45, 7) is 2.24. The van der Waals surface area contributed by atoms with Crippen LogP contribution < -0.4 is 4.74 Å². The van der Waals surface area contributed by atoms with Gasteiger partial charge in [-0.05, 0) is 36.6 Å². The molecule has 0 aromatic heterocycles. The fourth-order valence-electron chi connectivity index (χ4n) is 3.65. The van der Waals surface area contributed by atoms with Crippen LogP contribution in [0.2, 0.25) is 0 Å². The monoisotopic (exact) mass is 448 g/mol. The van der Waals surface area contributed by atoms with Crippen LogP contribution in [-0.4, -0.2) is 18.1 Å². The van der Waals surface area contributed by atoms with Crippen LogP contribution in [0.5, 0.6) is 17.2 Å². The molecule has 0 heterocycles. The number of aromatic hydroxyl groups is 1. The van der Waals surface area contributed by atoms with Gasteiger partial charge in [-0.3, -0.25) is 4.55 Å². The highest BCUT2D eigenvalue weighted by atomic mass is 32.2. The van der Waals surface area contributed by atoms with Crippen molar-refractivity contribution in [3.05, 3.63) is 48.0 Å². The molecule has 31 heavy (non-hydrogen) atoms. The number of hydrogen-bond acceptors (Lipinski definition) is 4. The maximum Gasteiger partial charge on any atom is 0.294 e. The Hall–Kier alpha value is -2.05. The summed E-state index contributed by atoms with van der Waals surface area (Å²) < 4.78 is 37.8. The number of rotatable bonds is 15. The first kappa shape index (κ1) is 25.2. The first-order valence-electron chi connectivity index (χ1n) is 11.5. The summed E-state index contributed by atoms with van der Waals surface area (Å²) in [4.78, 5) is -0.225. The molecule has 0 radical (unpaired) electrons. The normalized spacial score (nSPS) is 11.5. The van der Waals surface area contributed by atoms with Crippen LogP contribution in [0.1, 0.15) is 83.1 Å². The second kappa shape index (κ2) is 13.4. The first-order valence-corrected chi connectivity index (χ1v) is 12.9. The van der Waals surface area contributed by atoms with E-state index in [9.17, 15) is 18.1 Å². The first-order chi connectivity index (χ1) is 14.9. The van der Waals surface area contributed by atoms with Crippen molar-refractivity contribution < 1.29 is 22.8 Å². The molecule has 2 N–H and O–H groups in total. The van der Waals surface area contributed by atoms with Gasteiger partial charge < -0.3 is 9.84 Å². The average molecular weight is 449 g/mol. The summed E-state index contributed by atoms with van der Waals surface area (Å²) in [7, 11) is -4.30. The van der Waals surface area contributed by atoms with Gasteiger partial charge in [0, 0.05) is 12.1 Å². The third-order valence-corrected chi connectivity index (χ3v) is 6.28. The van der Waals surface area contributed by atoms with E-state index in [-0.39, 0.29) is 10.6 Å². The van der Waals surface area contributed by atoms with E-state index in [1.165, 1.54) is 82.1 Å². The van der Waals surface area contributed by atoms with Gasteiger partial charge >= 0.3 is 0 Å². The fraction of sp³-hybridized carbons (Fsp3) is 0.520. The van der Waals surface area contributed by atoms with Crippen LogP contribution in [0.25, 0.3) is 0 Å². The Morgan fingerprint density at radius 3 is 2.03 bits per heavy atom. The minimum absolute atomic E-state index is 0.0867. The standard InChI is InChI=1S/C25H36O5S/c1-2-3-4-5-6-7-8-9-10-11-12-14-21-17-18-22(26)19-25(21)30-23-15-13-16-24(20-23)31(27,28)29/h13,15-20,26H,2-12,14H2,1H3,(H,27,28,29). The molecule has 0 fully saturated rings. The maximum atomic E-state index is 11.3. The lowest BCUT2D eigenvalue weighted by Crippen LogP contribution is -1.98. The Morgan fingerprint density at radius 1 is 0.806 bits per heavy atom. The molecule has 0 aliphatic rings. The Balaban J connectivity index is 1.79. The molecule has 2 rings (SSSR count). The van der Waals surface area contributed by atoms with E-state index < -0.39 is 10.1 Å². The van der Waals surface area contributed by atoms with Gasteiger partial charge in [-0.15, -0.1) is 0 Å². The van der Waals surface area contributed by atoms with Gasteiger partial charge in [0.25, 0.3) is 10.1 Å². The van der Waals surface area contributed by atoms with Crippen molar-refractivity contribution in [1.82, 2.24) is 0 Å². The van der Waals surface area contributed by atoms with Gasteiger partial charge in [-0.25, -0.2) is 0 Å². The van der Waals surface area contributed by atoms with E-state index in [4.69, 9.17) is 4.74 Å². The van der Waals surface area contributed by atoms with Crippen LogP contribution in [0.3, 0.4) is 0 Å². The second-order valence-electron chi connectivity index (χ2n) is 8.13. The Bertz CT molecular complexity index is 893. The third-order valence-electron chi connectivity index (χ3n) is 5.43. The minimum Gasteiger partial charge on any atom is -0.508 e. The topological polar surface area (TPSA) is 83.8 Å². The highest BCUT2D eigenvalue weighted by molar-refractivity contribution is 7.85. The molecule has 0 aliphatic carbocycles. The largest absolute Gasteiger partial charge is 0.508 e. The third kappa shape index (κ3) is 9.74. The van der Waals surface area contributed by atoms with E-state index in [0.29, 0.717) is 11.5 Å². The van der Waals surface area contributed by atoms with Crippen molar-refractivity contribution in [2.24, 2.45) is 0 Å². The molecule has 0 unspecified atom stereocenters. The average Bonchev–Trinajstić information content (AvgIpc) is 2.73. The molecule has 172 valence electrons. The highest BCUT2D eigenvalue weighted by Crippen LogP contribution is 2.31. The van der Waals surface area contributed by atoms with E-state index in [2.05, 4.69) is 6.92 Å². The number of phenols is 1. The minimum atomic E-state index is -4.30. The molecule has 0 saturated heterocycles. The van der Waals surface area contributed by atoms with Gasteiger partial charge in [0.1, 0.15) is 17.2 Å². The van der Waals surface area contributed by atoms with Crippen molar-refractivity contribution in [2.45, 2.75) is 88.9 Å². The number of ether oxygens (including phenoxy) is 1. The smallest absolute Gasteiger partial charge is 0.294 e. The summed E-state index contributed by atoms with van der Waals surface area (Å²) in [6.07, 6.45) is 14.9. The molecule has 2 aromatic rings. The fourth-order valence-corrected chi connectivity index (χ4v) is 4.17. The zero-order valence-corrected chi connectivity index (χ0v) is 19.4. The Labute approximate surface area is 187 Å². The van der Waals surface area contributed by atoms with Gasteiger partial charge in [0.2, 0.25) is 0 Å². The van der Waals surface area contributed by atoms with Crippen molar-refractivity contribution >= 4 is 10.1 Å². The van der Waals surface area contributed by atoms with Gasteiger partial charge in [-0.1, -0.05) is 83.3 Å². The molecule has 0 atom stereocenters. The van der Waals surface area contributed by atoms with Gasteiger partial charge in [0.05, 0.1) is 4.90 Å². The van der Waals surface area contributed by atoms with E-state index in [0.717, 1.165) is 24.8 Å². The van der Waals surface area contributed by atoms with Gasteiger partial charge in [0.15, 0.2) is 0 Å². The predicted molar refractivity (Wildman–Crippen MR) is 125 cm³/mol. The molecule has 2 aromatic carbocycles. The number of unbranched alkanes of at least 4 members (excludes halogenated alkanes) is 10. The van der Waals surface area contributed by atoms with Crippen LogP contribution in [0, 0.1) is 0 Å². The summed E-state index contributed by atoms with van der Waals surface area (Å²) >= 11 is 0. The van der Waals surface area contributed by atoms with Crippen LogP contribution in [0.15, 0.2) is 47.4 Å². The summed E-state index contributed by atoms with van der Waals surface area (Å²) in [6, 6.07) is 10.7. The van der Waals surface area contributed by atoms with Crippen LogP contribution in [0.4, 0.5) is 0 Å².